The van der Waals surface area contributed by atoms with Gasteiger partial charge in [-0.25, -0.2) is 16.8 Å². The van der Waals surface area contributed by atoms with E-state index in [2.05, 4.69) is 4.74 Å². The summed E-state index contributed by atoms with van der Waals surface area (Å²) in [4.78, 5) is 11.1. The molecule has 0 spiro atoms. The normalized spacial score (nSPS) is 22.6. The first-order valence-corrected chi connectivity index (χ1v) is 9.41. The predicted octanol–water partition coefficient (Wildman–Crippen LogP) is -0.612. The minimum Gasteiger partial charge on any atom is -0.468 e. The Balaban J connectivity index is 2.91. The lowest BCUT2D eigenvalue weighted by molar-refractivity contribution is -0.137. The van der Waals surface area contributed by atoms with Crippen molar-refractivity contribution in [1.82, 2.24) is 4.31 Å². The SMILES string of the molecule is CCCN(C1CCS(=O)(=O)C1)S(=O)(=O)CC(=O)OC. The van der Waals surface area contributed by atoms with Gasteiger partial charge in [-0.3, -0.25) is 4.79 Å². The number of sulfonamides is 1. The van der Waals surface area contributed by atoms with E-state index in [9.17, 15) is 21.6 Å². The van der Waals surface area contributed by atoms with Crippen LogP contribution in [0.4, 0.5) is 0 Å². The minimum absolute atomic E-state index is 0.00831. The summed E-state index contributed by atoms with van der Waals surface area (Å²) >= 11 is 0. The first-order valence-electron chi connectivity index (χ1n) is 5.98. The molecule has 0 saturated carbocycles. The largest absolute Gasteiger partial charge is 0.468 e. The van der Waals surface area contributed by atoms with Gasteiger partial charge in [0.15, 0.2) is 15.6 Å². The molecule has 0 radical (unpaired) electrons. The molecule has 7 nitrogen and oxygen atoms in total. The minimum atomic E-state index is -3.84. The number of methoxy groups -OCH3 is 1. The van der Waals surface area contributed by atoms with Gasteiger partial charge in [0.25, 0.3) is 0 Å². The molecule has 1 atom stereocenters. The molecule has 1 rings (SSSR count). The summed E-state index contributed by atoms with van der Waals surface area (Å²) in [5.41, 5.74) is 0. The summed E-state index contributed by atoms with van der Waals surface area (Å²) in [6.45, 7) is 2.00. The van der Waals surface area contributed by atoms with Crippen molar-refractivity contribution in [3.05, 3.63) is 0 Å². The number of rotatable bonds is 6. The zero-order chi connectivity index (χ0) is 14.7. The van der Waals surface area contributed by atoms with E-state index in [0.717, 1.165) is 11.4 Å². The molecule has 1 aliphatic heterocycles. The Morgan fingerprint density at radius 3 is 2.47 bits per heavy atom. The highest BCUT2D eigenvalue weighted by Gasteiger charge is 2.38. The molecule has 112 valence electrons. The maximum atomic E-state index is 12.1. The summed E-state index contributed by atoms with van der Waals surface area (Å²) in [6.07, 6.45) is 0.833. The summed E-state index contributed by atoms with van der Waals surface area (Å²) in [5, 5.41) is 0. The third-order valence-corrected chi connectivity index (χ3v) is 6.49. The number of hydrogen-bond donors (Lipinski definition) is 0. The van der Waals surface area contributed by atoms with Crippen molar-refractivity contribution in [2.45, 2.75) is 25.8 Å². The van der Waals surface area contributed by atoms with E-state index in [1.54, 1.807) is 6.92 Å². The van der Waals surface area contributed by atoms with Crippen molar-refractivity contribution in [3.63, 3.8) is 0 Å². The quantitative estimate of drug-likeness (QED) is 0.607. The summed E-state index contributed by atoms with van der Waals surface area (Å²) in [6, 6.07) is -0.570. The van der Waals surface area contributed by atoms with Gasteiger partial charge >= 0.3 is 5.97 Å². The average molecular weight is 313 g/mol. The van der Waals surface area contributed by atoms with Gasteiger partial charge in [0.1, 0.15) is 0 Å². The van der Waals surface area contributed by atoms with E-state index in [1.165, 1.54) is 0 Å². The fourth-order valence-electron chi connectivity index (χ4n) is 2.06. The van der Waals surface area contributed by atoms with E-state index in [4.69, 9.17) is 0 Å². The predicted molar refractivity (Wildman–Crippen MR) is 69.9 cm³/mol. The third-order valence-electron chi connectivity index (χ3n) is 2.94. The molecule has 9 heteroatoms. The Morgan fingerprint density at radius 2 is 2.05 bits per heavy atom. The molecule has 0 N–H and O–H groups in total. The van der Waals surface area contributed by atoms with Crippen LogP contribution in [0.3, 0.4) is 0 Å². The molecule has 1 aliphatic rings. The first kappa shape index (κ1) is 16.4. The van der Waals surface area contributed by atoms with E-state index in [0.29, 0.717) is 6.42 Å². The van der Waals surface area contributed by atoms with Crippen LogP contribution in [0.25, 0.3) is 0 Å². The first-order chi connectivity index (χ1) is 8.72. The molecule has 1 unspecified atom stereocenters. The number of nitrogens with zero attached hydrogens (tertiary/aromatic N) is 1. The zero-order valence-corrected chi connectivity index (χ0v) is 12.7. The second-order valence-corrected chi connectivity index (χ2v) is 8.65. The van der Waals surface area contributed by atoms with Gasteiger partial charge in [-0.15, -0.1) is 0 Å². The Bertz CT molecular complexity index is 524. The molecule has 0 amide bonds. The highest BCUT2D eigenvalue weighted by molar-refractivity contribution is 7.92. The van der Waals surface area contributed by atoms with Crippen LogP contribution in [0, 0.1) is 0 Å². The summed E-state index contributed by atoms with van der Waals surface area (Å²) in [7, 11) is -5.90. The number of sulfone groups is 1. The fourth-order valence-corrected chi connectivity index (χ4v) is 5.56. The molecule has 19 heavy (non-hydrogen) atoms. The lowest BCUT2D eigenvalue weighted by Crippen LogP contribution is -2.44. The van der Waals surface area contributed by atoms with Crippen molar-refractivity contribution < 1.29 is 26.4 Å². The maximum Gasteiger partial charge on any atom is 0.322 e. The molecule has 0 aromatic heterocycles. The van der Waals surface area contributed by atoms with Crippen LogP contribution in [0.2, 0.25) is 0 Å². The van der Waals surface area contributed by atoms with Crippen LogP contribution >= 0.6 is 0 Å². The lowest BCUT2D eigenvalue weighted by Gasteiger charge is -2.26. The van der Waals surface area contributed by atoms with E-state index < -0.39 is 37.6 Å². The number of ether oxygens (including phenoxy) is 1. The summed E-state index contributed by atoms with van der Waals surface area (Å²) in [5.74, 6) is -1.78. The lowest BCUT2D eigenvalue weighted by atomic mass is 10.2. The van der Waals surface area contributed by atoms with E-state index >= 15 is 0 Å². The molecular formula is C10H19NO6S2. The second-order valence-electron chi connectivity index (χ2n) is 4.50. The second kappa shape index (κ2) is 6.19. The maximum absolute atomic E-state index is 12.1. The molecule has 1 fully saturated rings. The van der Waals surface area contributed by atoms with Crippen molar-refractivity contribution in [1.29, 1.82) is 0 Å². The highest BCUT2D eigenvalue weighted by Crippen LogP contribution is 2.21. The van der Waals surface area contributed by atoms with Gasteiger partial charge in [0.2, 0.25) is 10.0 Å². The van der Waals surface area contributed by atoms with Crippen LogP contribution < -0.4 is 0 Å². The number of hydrogen-bond acceptors (Lipinski definition) is 6. The highest BCUT2D eigenvalue weighted by atomic mass is 32.2. The molecular weight excluding hydrogens is 294 g/mol. The van der Waals surface area contributed by atoms with Gasteiger partial charge < -0.3 is 4.74 Å². The van der Waals surface area contributed by atoms with Crippen LogP contribution in [0.1, 0.15) is 19.8 Å². The average Bonchev–Trinajstić information content (AvgIpc) is 2.65. The van der Waals surface area contributed by atoms with Gasteiger partial charge in [-0.1, -0.05) is 6.92 Å². The number of carbonyl (C=O) groups excluding carboxylic acids is 1. The van der Waals surface area contributed by atoms with Crippen LogP contribution in [-0.4, -0.2) is 64.1 Å². The standard InChI is InChI=1S/C10H19NO6S2/c1-3-5-11(9-4-6-18(13,14)7-9)19(15,16)8-10(12)17-2/h9H,3-8H2,1-2H3. The molecule has 1 heterocycles. The van der Waals surface area contributed by atoms with Crippen LogP contribution in [-0.2, 0) is 29.4 Å². The van der Waals surface area contributed by atoms with Gasteiger partial charge in [-0.05, 0) is 12.8 Å². The third kappa shape index (κ3) is 4.43. The van der Waals surface area contributed by atoms with Gasteiger partial charge in [-0.2, -0.15) is 4.31 Å². The topological polar surface area (TPSA) is 97.8 Å². The Hall–Kier alpha value is -0.670. The van der Waals surface area contributed by atoms with Crippen molar-refractivity contribution in [2.75, 3.05) is 30.9 Å². The Kier molecular flexibility index (Phi) is 5.34. The summed E-state index contributed by atoms with van der Waals surface area (Å²) < 4.78 is 52.6. The molecule has 0 aromatic carbocycles. The van der Waals surface area contributed by atoms with E-state index in [-0.39, 0.29) is 24.5 Å². The number of carbonyl (C=O) groups is 1. The van der Waals surface area contributed by atoms with Gasteiger partial charge in [0, 0.05) is 12.6 Å². The monoisotopic (exact) mass is 313 g/mol. The molecule has 0 aliphatic carbocycles. The molecule has 0 bridgehead atoms. The van der Waals surface area contributed by atoms with Crippen molar-refractivity contribution >= 4 is 25.8 Å². The Morgan fingerprint density at radius 1 is 1.42 bits per heavy atom. The zero-order valence-electron chi connectivity index (χ0n) is 11.0. The van der Waals surface area contributed by atoms with Gasteiger partial charge in [0.05, 0.1) is 18.6 Å². The van der Waals surface area contributed by atoms with E-state index in [1.807, 2.05) is 0 Å². The smallest absolute Gasteiger partial charge is 0.322 e. The fraction of sp³-hybridized carbons (Fsp3) is 0.900. The number of esters is 1. The van der Waals surface area contributed by atoms with Crippen LogP contribution in [0.15, 0.2) is 0 Å². The molecule has 1 saturated heterocycles. The van der Waals surface area contributed by atoms with Crippen LogP contribution in [0.5, 0.6) is 0 Å². The van der Waals surface area contributed by atoms with Crippen molar-refractivity contribution in [2.24, 2.45) is 0 Å². The molecule has 0 aromatic rings. The van der Waals surface area contributed by atoms with Crippen molar-refractivity contribution in [3.8, 4) is 0 Å². The Labute approximate surface area is 113 Å².